The van der Waals surface area contributed by atoms with Gasteiger partial charge in [0.25, 0.3) is 5.56 Å². The van der Waals surface area contributed by atoms with Crippen LogP contribution in [0.2, 0.25) is 0 Å². The van der Waals surface area contributed by atoms with Gasteiger partial charge in [0.05, 0.1) is 31.0 Å². The largest absolute Gasteiger partial charge is 0.373 e. The van der Waals surface area contributed by atoms with Gasteiger partial charge in [0, 0.05) is 7.05 Å². The number of hydrogen-bond donors (Lipinski definition) is 0. The van der Waals surface area contributed by atoms with Crippen molar-refractivity contribution in [2.45, 2.75) is 20.1 Å². The van der Waals surface area contributed by atoms with E-state index in [0.29, 0.717) is 36.6 Å². The monoisotopic (exact) mass is 222 g/mol. The number of rotatable bonds is 1. The van der Waals surface area contributed by atoms with Crippen LogP contribution in [0.1, 0.15) is 18.2 Å². The molecule has 0 saturated heterocycles. The quantitative estimate of drug-likeness (QED) is 0.677. The van der Waals surface area contributed by atoms with Gasteiger partial charge < -0.3 is 4.74 Å². The molecule has 0 saturated carbocycles. The van der Waals surface area contributed by atoms with Crippen LogP contribution >= 0.6 is 0 Å². The first-order chi connectivity index (χ1) is 7.54. The van der Waals surface area contributed by atoms with Crippen LogP contribution in [-0.2, 0) is 24.9 Å². The van der Waals surface area contributed by atoms with Crippen molar-refractivity contribution in [2.24, 2.45) is 7.05 Å². The van der Waals surface area contributed by atoms with E-state index in [0.717, 1.165) is 4.57 Å². The predicted molar refractivity (Wildman–Crippen MR) is 60.3 cm³/mol. The number of fused-ring (bicyclic) bond motifs is 1. The summed E-state index contributed by atoms with van der Waals surface area (Å²) in [4.78, 5) is 23.8. The maximum absolute atomic E-state index is 11.9. The summed E-state index contributed by atoms with van der Waals surface area (Å²) in [6.45, 7) is 6.83. The van der Waals surface area contributed by atoms with Crippen LogP contribution in [-0.4, -0.2) is 15.7 Å². The Morgan fingerprint density at radius 2 is 2.12 bits per heavy atom. The fourth-order valence-corrected chi connectivity index (χ4v) is 1.94. The van der Waals surface area contributed by atoms with Crippen LogP contribution in [0, 0.1) is 0 Å². The Balaban J connectivity index is 2.89. The highest BCUT2D eigenvalue weighted by Crippen LogP contribution is 2.15. The van der Waals surface area contributed by atoms with Gasteiger partial charge in [-0.1, -0.05) is 6.58 Å². The zero-order valence-electron chi connectivity index (χ0n) is 9.45. The van der Waals surface area contributed by atoms with E-state index in [-0.39, 0.29) is 11.2 Å². The lowest BCUT2D eigenvalue weighted by Gasteiger charge is -2.22. The molecule has 0 unspecified atom stereocenters. The first kappa shape index (κ1) is 10.9. The van der Waals surface area contributed by atoms with E-state index >= 15 is 0 Å². The van der Waals surface area contributed by atoms with E-state index in [4.69, 9.17) is 4.74 Å². The van der Waals surface area contributed by atoms with Gasteiger partial charge >= 0.3 is 5.69 Å². The molecule has 0 amide bonds. The standard InChI is InChI=1S/C11H14N2O3/c1-7(2)9-8-6-16-5-4-13(8)11(15)12(3)10(9)14/h1,4-6H2,2-3H3. The Hall–Kier alpha value is -1.62. The minimum Gasteiger partial charge on any atom is -0.373 e. The third-order valence-corrected chi connectivity index (χ3v) is 2.78. The molecule has 0 aromatic carbocycles. The molecule has 1 aromatic heterocycles. The van der Waals surface area contributed by atoms with E-state index in [9.17, 15) is 9.59 Å². The summed E-state index contributed by atoms with van der Waals surface area (Å²) >= 11 is 0. The van der Waals surface area contributed by atoms with Gasteiger partial charge in [0.2, 0.25) is 0 Å². The molecule has 0 spiro atoms. The number of aromatic nitrogens is 2. The van der Waals surface area contributed by atoms with Crippen molar-refractivity contribution in [3.05, 3.63) is 38.7 Å². The van der Waals surface area contributed by atoms with Crippen molar-refractivity contribution in [1.29, 1.82) is 0 Å². The average molecular weight is 222 g/mol. The van der Waals surface area contributed by atoms with E-state index in [1.54, 1.807) is 11.5 Å². The molecule has 0 aliphatic carbocycles. The Kier molecular flexibility index (Phi) is 2.55. The Morgan fingerprint density at radius 1 is 1.44 bits per heavy atom. The van der Waals surface area contributed by atoms with Gasteiger partial charge in [-0.2, -0.15) is 0 Å². The lowest BCUT2D eigenvalue weighted by atomic mass is 10.1. The van der Waals surface area contributed by atoms with Crippen LogP contribution in [0.3, 0.4) is 0 Å². The third kappa shape index (κ3) is 1.44. The molecule has 2 heterocycles. The fraction of sp³-hybridized carbons (Fsp3) is 0.455. The molecule has 0 N–H and O–H groups in total. The van der Waals surface area contributed by atoms with Gasteiger partial charge in [-0.3, -0.25) is 13.9 Å². The van der Waals surface area contributed by atoms with Crippen LogP contribution in [0.5, 0.6) is 0 Å². The molecule has 2 rings (SSSR count). The first-order valence-electron chi connectivity index (χ1n) is 5.10. The molecule has 1 aromatic rings. The topological polar surface area (TPSA) is 53.2 Å². The SMILES string of the molecule is C=C(C)c1c2n(c(=O)n(C)c1=O)CCOC2. The number of allylic oxidation sites excluding steroid dienone is 1. The molecule has 86 valence electrons. The third-order valence-electron chi connectivity index (χ3n) is 2.78. The number of ether oxygens (including phenoxy) is 1. The van der Waals surface area contributed by atoms with Crippen LogP contribution in [0.4, 0.5) is 0 Å². The summed E-state index contributed by atoms with van der Waals surface area (Å²) in [6.07, 6.45) is 0. The molecule has 1 aliphatic rings. The van der Waals surface area contributed by atoms with Crippen LogP contribution in [0.25, 0.3) is 5.57 Å². The van der Waals surface area contributed by atoms with Crippen molar-refractivity contribution < 1.29 is 4.74 Å². The van der Waals surface area contributed by atoms with Crippen LogP contribution < -0.4 is 11.2 Å². The molecule has 1 aliphatic heterocycles. The molecular formula is C11H14N2O3. The fourth-order valence-electron chi connectivity index (χ4n) is 1.94. The smallest absolute Gasteiger partial charge is 0.331 e. The Bertz CT molecular complexity index is 566. The summed E-state index contributed by atoms with van der Waals surface area (Å²) in [5.41, 5.74) is 1.23. The van der Waals surface area contributed by atoms with Gasteiger partial charge in [-0.05, 0) is 12.5 Å². The normalized spacial score (nSPS) is 14.6. The van der Waals surface area contributed by atoms with E-state index in [1.807, 2.05) is 0 Å². The maximum atomic E-state index is 11.9. The van der Waals surface area contributed by atoms with E-state index in [1.165, 1.54) is 7.05 Å². The van der Waals surface area contributed by atoms with Crippen molar-refractivity contribution in [2.75, 3.05) is 6.61 Å². The molecule has 16 heavy (non-hydrogen) atoms. The Labute approximate surface area is 92.6 Å². The molecule has 5 heteroatoms. The van der Waals surface area contributed by atoms with E-state index in [2.05, 4.69) is 6.58 Å². The summed E-state index contributed by atoms with van der Waals surface area (Å²) in [7, 11) is 1.49. The van der Waals surface area contributed by atoms with Gasteiger partial charge in [0.1, 0.15) is 0 Å². The number of nitrogens with zero attached hydrogens (tertiary/aromatic N) is 2. The van der Waals surface area contributed by atoms with Crippen molar-refractivity contribution >= 4 is 5.57 Å². The zero-order chi connectivity index (χ0) is 11.9. The highest BCUT2D eigenvalue weighted by molar-refractivity contribution is 5.62. The van der Waals surface area contributed by atoms with Crippen molar-refractivity contribution in [3.8, 4) is 0 Å². The van der Waals surface area contributed by atoms with Crippen molar-refractivity contribution in [1.82, 2.24) is 9.13 Å². The highest BCUT2D eigenvalue weighted by atomic mass is 16.5. The highest BCUT2D eigenvalue weighted by Gasteiger charge is 2.20. The number of hydrogen-bond acceptors (Lipinski definition) is 3. The summed E-state index contributed by atoms with van der Waals surface area (Å²) < 4.78 is 8.00. The van der Waals surface area contributed by atoms with Gasteiger partial charge in [-0.15, -0.1) is 0 Å². The minimum absolute atomic E-state index is 0.284. The molecule has 0 atom stereocenters. The molecule has 0 bridgehead atoms. The lowest BCUT2D eigenvalue weighted by Crippen LogP contribution is -2.44. The average Bonchev–Trinajstić information content (AvgIpc) is 2.26. The summed E-state index contributed by atoms with van der Waals surface area (Å²) in [5, 5.41) is 0. The lowest BCUT2D eigenvalue weighted by molar-refractivity contribution is 0.0805. The molecule has 0 radical (unpaired) electrons. The predicted octanol–water partition coefficient (Wildman–Crippen LogP) is 0.110. The molecule has 5 nitrogen and oxygen atoms in total. The molecular weight excluding hydrogens is 208 g/mol. The van der Waals surface area contributed by atoms with E-state index < -0.39 is 0 Å². The summed E-state index contributed by atoms with van der Waals surface area (Å²) in [5.74, 6) is 0. The second-order valence-corrected chi connectivity index (χ2v) is 3.95. The zero-order valence-corrected chi connectivity index (χ0v) is 9.45. The second-order valence-electron chi connectivity index (χ2n) is 3.95. The Morgan fingerprint density at radius 3 is 2.75 bits per heavy atom. The van der Waals surface area contributed by atoms with Gasteiger partial charge in [0.15, 0.2) is 0 Å². The molecule has 0 fully saturated rings. The van der Waals surface area contributed by atoms with Gasteiger partial charge in [-0.25, -0.2) is 4.79 Å². The summed E-state index contributed by atoms with van der Waals surface area (Å²) in [6, 6.07) is 0. The van der Waals surface area contributed by atoms with Crippen LogP contribution in [0.15, 0.2) is 16.2 Å². The minimum atomic E-state index is -0.297. The second kappa shape index (κ2) is 3.75. The van der Waals surface area contributed by atoms with Crippen molar-refractivity contribution in [3.63, 3.8) is 0 Å². The maximum Gasteiger partial charge on any atom is 0.331 e. The first-order valence-corrected chi connectivity index (χ1v) is 5.10.